The number of rotatable bonds is 5. The SMILES string of the molecule is Cc1nccn1C(CCN)C(C)(C)c1ccc(Cl)cc1. The number of halogens is 1. The largest absolute Gasteiger partial charge is 0.331 e. The van der Waals surface area contributed by atoms with Crippen molar-refractivity contribution in [3.8, 4) is 0 Å². The first-order valence-corrected chi connectivity index (χ1v) is 7.30. The van der Waals surface area contributed by atoms with Gasteiger partial charge in [0.2, 0.25) is 0 Å². The molecule has 0 saturated carbocycles. The fourth-order valence-corrected chi connectivity index (χ4v) is 2.92. The molecule has 2 rings (SSSR count). The first kappa shape index (κ1) is 15.1. The summed E-state index contributed by atoms with van der Waals surface area (Å²) in [4.78, 5) is 4.34. The smallest absolute Gasteiger partial charge is 0.105 e. The van der Waals surface area contributed by atoms with Crippen LogP contribution in [0.25, 0.3) is 0 Å². The van der Waals surface area contributed by atoms with Crippen molar-refractivity contribution in [2.75, 3.05) is 6.54 Å². The topological polar surface area (TPSA) is 43.8 Å². The molecular formula is C16H22ClN3. The third-order valence-electron chi connectivity index (χ3n) is 4.06. The van der Waals surface area contributed by atoms with Crippen LogP contribution in [0, 0.1) is 6.92 Å². The molecule has 2 N–H and O–H groups in total. The van der Waals surface area contributed by atoms with Crippen LogP contribution in [0.5, 0.6) is 0 Å². The van der Waals surface area contributed by atoms with E-state index in [1.54, 1.807) is 0 Å². The van der Waals surface area contributed by atoms with E-state index in [1.165, 1.54) is 5.56 Å². The van der Waals surface area contributed by atoms with Gasteiger partial charge in [-0.15, -0.1) is 0 Å². The van der Waals surface area contributed by atoms with E-state index in [0.29, 0.717) is 6.54 Å². The summed E-state index contributed by atoms with van der Waals surface area (Å²) in [6, 6.07) is 8.35. The number of nitrogens with zero attached hydrogens (tertiary/aromatic N) is 2. The lowest BCUT2D eigenvalue weighted by atomic mass is 9.76. The van der Waals surface area contributed by atoms with Crippen LogP contribution < -0.4 is 5.73 Å². The Labute approximate surface area is 125 Å². The van der Waals surface area contributed by atoms with Crippen LogP contribution in [-0.4, -0.2) is 16.1 Å². The standard InChI is InChI=1S/C16H22ClN3/c1-12-19-10-11-20(12)15(8-9-18)16(2,3)13-4-6-14(17)7-5-13/h4-7,10-11,15H,8-9,18H2,1-3H3. The molecule has 4 heteroatoms. The maximum Gasteiger partial charge on any atom is 0.105 e. The molecule has 0 aliphatic rings. The Balaban J connectivity index is 2.41. The second kappa shape index (κ2) is 5.98. The highest BCUT2D eigenvalue weighted by Crippen LogP contribution is 2.38. The van der Waals surface area contributed by atoms with E-state index < -0.39 is 0 Å². The van der Waals surface area contributed by atoms with Crippen molar-refractivity contribution < 1.29 is 0 Å². The zero-order valence-electron chi connectivity index (χ0n) is 12.3. The molecule has 20 heavy (non-hydrogen) atoms. The maximum atomic E-state index is 5.99. The van der Waals surface area contributed by atoms with E-state index in [0.717, 1.165) is 17.3 Å². The van der Waals surface area contributed by atoms with Gasteiger partial charge in [0.15, 0.2) is 0 Å². The molecule has 1 aromatic heterocycles. The Kier molecular flexibility index (Phi) is 4.51. The summed E-state index contributed by atoms with van der Waals surface area (Å²) in [5.41, 5.74) is 7.04. The summed E-state index contributed by atoms with van der Waals surface area (Å²) in [6.45, 7) is 7.17. The fourth-order valence-electron chi connectivity index (χ4n) is 2.79. The molecule has 1 aromatic carbocycles. The minimum atomic E-state index is -0.0462. The number of nitrogens with two attached hydrogens (primary N) is 1. The zero-order chi connectivity index (χ0) is 14.8. The molecule has 0 aliphatic heterocycles. The summed E-state index contributed by atoms with van der Waals surface area (Å²) >= 11 is 5.99. The fraction of sp³-hybridized carbons (Fsp3) is 0.438. The van der Waals surface area contributed by atoms with Gasteiger partial charge in [0.25, 0.3) is 0 Å². The van der Waals surface area contributed by atoms with Crippen LogP contribution in [0.1, 0.15) is 37.7 Å². The Hall–Kier alpha value is -1.32. The average Bonchev–Trinajstić information content (AvgIpc) is 2.82. The van der Waals surface area contributed by atoms with E-state index in [2.05, 4.69) is 35.5 Å². The highest BCUT2D eigenvalue weighted by Gasteiger charge is 2.32. The van der Waals surface area contributed by atoms with Gasteiger partial charge in [-0.3, -0.25) is 0 Å². The van der Waals surface area contributed by atoms with Gasteiger partial charge in [-0.2, -0.15) is 0 Å². The second-order valence-corrected chi connectivity index (χ2v) is 6.14. The normalized spacial score (nSPS) is 13.4. The summed E-state index contributed by atoms with van der Waals surface area (Å²) in [7, 11) is 0. The van der Waals surface area contributed by atoms with Crippen molar-refractivity contribution in [1.82, 2.24) is 9.55 Å². The molecule has 0 spiro atoms. The summed E-state index contributed by atoms with van der Waals surface area (Å²) in [5.74, 6) is 1.02. The lowest BCUT2D eigenvalue weighted by Gasteiger charge is -2.36. The van der Waals surface area contributed by atoms with Crippen LogP contribution in [0.2, 0.25) is 5.02 Å². The quantitative estimate of drug-likeness (QED) is 0.912. The number of hydrogen-bond acceptors (Lipinski definition) is 2. The Bertz CT molecular complexity index is 557. The molecule has 0 bridgehead atoms. The third kappa shape index (κ3) is 2.89. The molecule has 108 valence electrons. The maximum absolute atomic E-state index is 5.99. The van der Waals surface area contributed by atoms with E-state index in [9.17, 15) is 0 Å². The van der Waals surface area contributed by atoms with Gasteiger partial charge < -0.3 is 10.3 Å². The van der Waals surface area contributed by atoms with Crippen molar-refractivity contribution in [1.29, 1.82) is 0 Å². The second-order valence-electron chi connectivity index (χ2n) is 5.70. The van der Waals surface area contributed by atoms with Crippen LogP contribution in [0.4, 0.5) is 0 Å². The molecule has 3 nitrogen and oxygen atoms in total. The molecule has 2 aromatic rings. The van der Waals surface area contributed by atoms with E-state index >= 15 is 0 Å². The molecule has 0 amide bonds. The minimum absolute atomic E-state index is 0.0462. The number of aryl methyl sites for hydroxylation is 1. The zero-order valence-corrected chi connectivity index (χ0v) is 13.1. The van der Waals surface area contributed by atoms with Gasteiger partial charge in [-0.25, -0.2) is 4.98 Å². The Morgan fingerprint density at radius 1 is 1.30 bits per heavy atom. The summed E-state index contributed by atoms with van der Waals surface area (Å²) < 4.78 is 2.22. The van der Waals surface area contributed by atoms with Crippen LogP contribution in [-0.2, 0) is 5.41 Å². The summed E-state index contributed by atoms with van der Waals surface area (Å²) in [5, 5.41) is 0.763. The lowest BCUT2D eigenvalue weighted by Crippen LogP contribution is -2.33. The van der Waals surface area contributed by atoms with E-state index in [4.69, 9.17) is 17.3 Å². The number of imidazole rings is 1. The van der Waals surface area contributed by atoms with E-state index in [1.807, 2.05) is 31.5 Å². The molecule has 1 atom stereocenters. The van der Waals surface area contributed by atoms with Gasteiger partial charge in [0, 0.05) is 28.9 Å². The summed E-state index contributed by atoms with van der Waals surface area (Å²) in [6.07, 6.45) is 4.79. The predicted molar refractivity (Wildman–Crippen MR) is 84.2 cm³/mol. The van der Waals surface area contributed by atoms with Crippen molar-refractivity contribution >= 4 is 11.6 Å². The number of aromatic nitrogens is 2. The molecular weight excluding hydrogens is 270 g/mol. The van der Waals surface area contributed by atoms with Crippen LogP contribution >= 0.6 is 11.6 Å². The van der Waals surface area contributed by atoms with Gasteiger partial charge in [0.1, 0.15) is 5.82 Å². The lowest BCUT2D eigenvalue weighted by molar-refractivity contribution is 0.295. The Morgan fingerprint density at radius 3 is 2.45 bits per heavy atom. The molecule has 1 unspecified atom stereocenters. The minimum Gasteiger partial charge on any atom is -0.331 e. The number of benzene rings is 1. The van der Waals surface area contributed by atoms with Gasteiger partial charge in [-0.1, -0.05) is 37.6 Å². The van der Waals surface area contributed by atoms with E-state index in [-0.39, 0.29) is 11.5 Å². The van der Waals surface area contributed by atoms with Gasteiger partial charge in [0.05, 0.1) is 0 Å². The monoisotopic (exact) mass is 291 g/mol. The van der Waals surface area contributed by atoms with Crippen molar-refractivity contribution in [2.24, 2.45) is 5.73 Å². The third-order valence-corrected chi connectivity index (χ3v) is 4.31. The Morgan fingerprint density at radius 2 is 1.95 bits per heavy atom. The average molecular weight is 292 g/mol. The van der Waals surface area contributed by atoms with Gasteiger partial charge in [-0.05, 0) is 37.6 Å². The molecule has 0 aliphatic carbocycles. The van der Waals surface area contributed by atoms with Crippen molar-refractivity contribution in [3.63, 3.8) is 0 Å². The molecule has 0 saturated heterocycles. The molecule has 0 radical (unpaired) electrons. The predicted octanol–water partition coefficient (Wildman–Crippen LogP) is 3.71. The van der Waals surface area contributed by atoms with Crippen molar-refractivity contribution in [3.05, 3.63) is 53.1 Å². The first-order valence-electron chi connectivity index (χ1n) is 6.92. The molecule has 1 heterocycles. The highest BCUT2D eigenvalue weighted by atomic mass is 35.5. The van der Waals surface area contributed by atoms with Crippen LogP contribution in [0.15, 0.2) is 36.7 Å². The van der Waals surface area contributed by atoms with Crippen molar-refractivity contribution in [2.45, 2.75) is 38.6 Å². The molecule has 0 fully saturated rings. The van der Waals surface area contributed by atoms with Crippen LogP contribution in [0.3, 0.4) is 0 Å². The highest BCUT2D eigenvalue weighted by molar-refractivity contribution is 6.30. The first-order chi connectivity index (χ1) is 9.46. The number of hydrogen-bond donors (Lipinski definition) is 1. The van der Waals surface area contributed by atoms with Gasteiger partial charge >= 0.3 is 0 Å².